The van der Waals surface area contributed by atoms with Crippen molar-refractivity contribution < 1.29 is 19.1 Å². The van der Waals surface area contributed by atoms with Gasteiger partial charge in [-0.3, -0.25) is 9.59 Å². The summed E-state index contributed by atoms with van der Waals surface area (Å²) in [6, 6.07) is 12.7. The third-order valence-electron chi connectivity index (χ3n) is 3.62. The summed E-state index contributed by atoms with van der Waals surface area (Å²) in [7, 11) is 1.61. The Morgan fingerprint density at radius 3 is 2.76 bits per heavy atom. The minimum atomic E-state index is -0.520. The van der Waals surface area contributed by atoms with Crippen LogP contribution in [0, 0.1) is 0 Å². The molecule has 0 aliphatic carbocycles. The molecular weight excluding hydrogens is 340 g/mol. The predicted octanol–water partition coefficient (Wildman–Crippen LogP) is 3.15. The van der Waals surface area contributed by atoms with E-state index in [0.717, 1.165) is 10.6 Å². The number of fused-ring (bicyclic) bond motifs is 1. The molecule has 0 radical (unpaired) electrons. The first-order valence-electron chi connectivity index (χ1n) is 7.73. The van der Waals surface area contributed by atoms with Gasteiger partial charge in [-0.05, 0) is 49.4 Å². The molecule has 25 heavy (non-hydrogen) atoms. The molecule has 2 aromatic rings. The molecule has 130 valence electrons. The van der Waals surface area contributed by atoms with Crippen molar-refractivity contribution in [3.63, 3.8) is 0 Å². The van der Waals surface area contributed by atoms with Gasteiger partial charge in [0.25, 0.3) is 5.91 Å². The number of thioether (sulfide) groups is 1. The summed E-state index contributed by atoms with van der Waals surface area (Å²) in [5.41, 5.74) is 1.17. The molecule has 0 unspecified atom stereocenters. The van der Waals surface area contributed by atoms with E-state index in [1.165, 1.54) is 11.8 Å². The second-order valence-corrected chi connectivity index (χ2v) is 6.52. The van der Waals surface area contributed by atoms with Gasteiger partial charge in [-0.1, -0.05) is 0 Å². The quantitative estimate of drug-likeness (QED) is 0.803. The van der Waals surface area contributed by atoms with Crippen LogP contribution in [0.25, 0.3) is 0 Å². The molecule has 1 aliphatic heterocycles. The van der Waals surface area contributed by atoms with Crippen molar-refractivity contribution in [3.8, 4) is 11.5 Å². The van der Waals surface area contributed by atoms with Crippen LogP contribution in [0.1, 0.15) is 6.92 Å². The Hall–Kier alpha value is -2.67. The van der Waals surface area contributed by atoms with Crippen LogP contribution in [0.15, 0.2) is 47.4 Å². The Morgan fingerprint density at radius 1 is 1.28 bits per heavy atom. The maximum absolute atomic E-state index is 12.1. The number of benzene rings is 2. The molecular formula is C18H18N2O4S. The molecule has 7 heteroatoms. The Bertz CT molecular complexity index is 792. The van der Waals surface area contributed by atoms with Crippen molar-refractivity contribution in [2.24, 2.45) is 0 Å². The maximum Gasteiger partial charge on any atom is 0.265 e. The Balaban J connectivity index is 1.57. The zero-order chi connectivity index (χ0) is 17.8. The molecule has 2 aromatic carbocycles. The van der Waals surface area contributed by atoms with Gasteiger partial charge < -0.3 is 20.1 Å². The molecule has 1 atom stereocenters. The van der Waals surface area contributed by atoms with Crippen LogP contribution in [0.4, 0.5) is 11.4 Å². The number of ether oxygens (including phenoxy) is 2. The van der Waals surface area contributed by atoms with E-state index in [1.54, 1.807) is 32.2 Å². The molecule has 0 bridgehead atoms. The zero-order valence-corrected chi connectivity index (χ0v) is 14.7. The average Bonchev–Trinajstić information content (AvgIpc) is 2.61. The standard InChI is InChI=1S/C18H18N2O4S/c1-11-18(22)20-15-9-12(3-8-16(15)24-11)19-17(21)10-25-14-6-4-13(23-2)5-7-14/h3-9,11H,10H2,1-2H3,(H,19,21)(H,20,22)/t11-/m0/s1. The molecule has 0 saturated heterocycles. The first kappa shape index (κ1) is 17.2. The van der Waals surface area contributed by atoms with E-state index < -0.39 is 6.10 Å². The second-order valence-electron chi connectivity index (χ2n) is 5.47. The van der Waals surface area contributed by atoms with Crippen molar-refractivity contribution >= 4 is 35.0 Å². The highest BCUT2D eigenvalue weighted by Crippen LogP contribution is 2.32. The SMILES string of the molecule is COc1ccc(SCC(=O)Nc2ccc3c(c2)NC(=O)[C@H](C)O3)cc1. The number of rotatable bonds is 5. The van der Waals surface area contributed by atoms with Gasteiger partial charge in [0.1, 0.15) is 11.5 Å². The van der Waals surface area contributed by atoms with Crippen LogP contribution in [0.5, 0.6) is 11.5 Å². The summed E-state index contributed by atoms with van der Waals surface area (Å²) >= 11 is 1.43. The van der Waals surface area contributed by atoms with Gasteiger partial charge in [-0.15, -0.1) is 11.8 Å². The van der Waals surface area contributed by atoms with Crippen molar-refractivity contribution in [1.29, 1.82) is 0 Å². The molecule has 1 aliphatic rings. The number of carbonyl (C=O) groups is 2. The van der Waals surface area contributed by atoms with Crippen LogP contribution >= 0.6 is 11.8 Å². The lowest BCUT2D eigenvalue weighted by Gasteiger charge is -2.23. The van der Waals surface area contributed by atoms with Gasteiger partial charge in [-0.25, -0.2) is 0 Å². The van der Waals surface area contributed by atoms with E-state index in [9.17, 15) is 9.59 Å². The smallest absolute Gasteiger partial charge is 0.265 e. The average molecular weight is 358 g/mol. The van der Waals surface area contributed by atoms with Crippen LogP contribution in [0.2, 0.25) is 0 Å². The van der Waals surface area contributed by atoms with Crippen molar-refractivity contribution in [2.45, 2.75) is 17.9 Å². The van der Waals surface area contributed by atoms with Crippen LogP contribution < -0.4 is 20.1 Å². The van der Waals surface area contributed by atoms with E-state index in [4.69, 9.17) is 9.47 Å². The summed E-state index contributed by atoms with van der Waals surface area (Å²) in [4.78, 5) is 24.8. The summed E-state index contributed by atoms with van der Waals surface area (Å²) in [5, 5.41) is 5.58. The highest BCUT2D eigenvalue weighted by atomic mass is 32.2. The number of anilines is 2. The number of methoxy groups -OCH3 is 1. The van der Waals surface area contributed by atoms with Crippen molar-refractivity contribution in [1.82, 2.24) is 0 Å². The second kappa shape index (κ2) is 7.48. The summed E-state index contributed by atoms with van der Waals surface area (Å²) < 4.78 is 10.6. The number of hydrogen-bond donors (Lipinski definition) is 2. The lowest BCUT2D eigenvalue weighted by atomic mass is 10.2. The lowest BCUT2D eigenvalue weighted by molar-refractivity contribution is -0.122. The monoisotopic (exact) mass is 358 g/mol. The fourth-order valence-corrected chi connectivity index (χ4v) is 3.00. The van der Waals surface area contributed by atoms with Crippen LogP contribution in [0.3, 0.4) is 0 Å². The van der Waals surface area contributed by atoms with Crippen LogP contribution in [-0.4, -0.2) is 30.8 Å². The highest BCUT2D eigenvalue weighted by Gasteiger charge is 2.23. The lowest BCUT2D eigenvalue weighted by Crippen LogP contribution is -2.34. The molecule has 3 rings (SSSR count). The third kappa shape index (κ3) is 4.24. The Kier molecular flexibility index (Phi) is 5.14. The molecule has 1 heterocycles. The normalized spacial score (nSPS) is 15.6. The van der Waals surface area contributed by atoms with Gasteiger partial charge in [0.15, 0.2) is 6.10 Å². The molecule has 0 aromatic heterocycles. The number of nitrogens with one attached hydrogen (secondary N) is 2. The molecule has 0 saturated carbocycles. The zero-order valence-electron chi connectivity index (χ0n) is 13.9. The fraction of sp³-hybridized carbons (Fsp3) is 0.222. The maximum atomic E-state index is 12.1. The van der Waals surface area contributed by atoms with E-state index >= 15 is 0 Å². The van der Waals surface area contributed by atoms with Crippen LogP contribution in [-0.2, 0) is 9.59 Å². The van der Waals surface area contributed by atoms with Crippen molar-refractivity contribution in [3.05, 3.63) is 42.5 Å². The molecule has 2 amide bonds. The number of hydrogen-bond acceptors (Lipinski definition) is 5. The first-order valence-corrected chi connectivity index (χ1v) is 8.72. The van der Waals surface area contributed by atoms with Gasteiger partial charge in [0.2, 0.25) is 5.91 Å². The van der Waals surface area contributed by atoms with Gasteiger partial charge in [0.05, 0.1) is 18.6 Å². The topological polar surface area (TPSA) is 76.7 Å². The Labute approximate surface area is 149 Å². The van der Waals surface area contributed by atoms with E-state index in [0.29, 0.717) is 17.1 Å². The van der Waals surface area contributed by atoms with E-state index in [1.807, 2.05) is 24.3 Å². The highest BCUT2D eigenvalue weighted by molar-refractivity contribution is 8.00. The largest absolute Gasteiger partial charge is 0.497 e. The summed E-state index contributed by atoms with van der Waals surface area (Å²) in [6.45, 7) is 1.68. The fourth-order valence-electron chi connectivity index (χ4n) is 2.30. The minimum absolute atomic E-state index is 0.128. The van der Waals surface area contributed by atoms with E-state index in [2.05, 4.69) is 10.6 Å². The van der Waals surface area contributed by atoms with Crippen molar-refractivity contribution in [2.75, 3.05) is 23.5 Å². The molecule has 0 spiro atoms. The minimum Gasteiger partial charge on any atom is -0.497 e. The molecule has 2 N–H and O–H groups in total. The third-order valence-corrected chi connectivity index (χ3v) is 4.64. The predicted molar refractivity (Wildman–Crippen MR) is 97.5 cm³/mol. The molecule has 6 nitrogen and oxygen atoms in total. The summed E-state index contributed by atoms with van der Waals surface area (Å²) in [5.74, 6) is 1.32. The van der Waals surface area contributed by atoms with Gasteiger partial charge in [0, 0.05) is 10.6 Å². The van der Waals surface area contributed by atoms with E-state index in [-0.39, 0.29) is 17.6 Å². The summed E-state index contributed by atoms with van der Waals surface area (Å²) in [6.07, 6.45) is -0.520. The number of carbonyl (C=O) groups excluding carboxylic acids is 2. The number of amides is 2. The Morgan fingerprint density at radius 2 is 2.04 bits per heavy atom. The first-order chi connectivity index (χ1) is 12.0. The molecule has 0 fully saturated rings. The van der Waals surface area contributed by atoms with Gasteiger partial charge >= 0.3 is 0 Å². The van der Waals surface area contributed by atoms with Gasteiger partial charge in [-0.2, -0.15) is 0 Å².